The van der Waals surface area contributed by atoms with Crippen molar-refractivity contribution in [1.82, 2.24) is 15.0 Å². The van der Waals surface area contributed by atoms with E-state index in [0.29, 0.717) is 22.6 Å². The number of hydrogen-bond acceptors (Lipinski definition) is 3. The van der Waals surface area contributed by atoms with E-state index in [-0.39, 0.29) is 5.91 Å². The highest BCUT2D eigenvalue weighted by Gasteiger charge is 2.15. The van der Waals surface area contributed by atoms with E-state index >= 15 is 0 Å². The van der Waals surface area contributed by atoms with Crippen molar-refractivity contribution < 1.29 is 4.79 Å². The molecule has 5 heteroatoms. The molecule has 0 aliphatic rings. The fraction of sp³-hybridized carbons (Fsp3) is 0. The van der Waals surface area contributed by atoms with E-state index < -0.39 is 0 Å². The van der Waals surface area contributed by atoms with E-state index in [1.165, 1.54) is 0 Å². The Morgan fingerprint density at radius 3 is 2.38 bits per heavy atom. The normalized spacial score (nSPS) is 10.7. The quantitative estimate of drug-likeness (QED) is 0.603. The third kappa shape index (κ3) is 2.63. The number of nitrogens with one attached hydrogen (secondary N) is 2. The Kier molecular flexibility index (Phi) is 3.51. The molecule has 1 amide bonds. The minimum atomic E-state index is -0.209. The monoisotopic (exact) mass is 314 g/mol. The predicted molar refractivity (Wildman–Crippen MR) is 93.7 cm³/mol. The number of H-pyrrole nitrogens is 1. The predicted octanol–water partition coefficient (Wildman–Crippen LogP) is 3.88. The average Bonchev–Trinajstić information content (AvgIpc) is 3.07. The van der Waals surface area contributed by atoms with E-state index in [0.717, 1.165) is 11.3 Å². The van der Waals surface area contributed by atoms with Gasteiger partial charge in [0, 0.05) is 17.4 Å². The van der Waals surface area contributed by atoms with E-state index in [9.17, 15) is 4.79 Å². The van der Waals surface area contributed by atoms with Crippen LogP contribution in [0.5, 0.6) is 0 Å². The van der Waals surface area contributed by atoms with Crippen LogP contribution in [0.15, 0.2) is 72.9 Å². The molecule has 5 nitrogen and oxygen atoms in total. The molecule has 0 unspecified atom stereocenters. The van der Waals surface area contributed by atoms with Gasteiger partial charge in [-0.3, -0.25) is 4.79 Å². The molecule has 0 saturated carbocycles. The van der Waals surface area contributed by atoms with Crippen molar-refractivity contribution in [2.75, 3.05) is 5.32 Å². The Hall–Kier alpha value is -3.47. The van der Waals surface area contributed by atoms with Gasteiger partial charge in [0.2, 0.25) is 0 Å². The van der Waals surface area contributed by atoms with Gasteiger partial charge in [-0.25, -0.2) is 9.97 Å². The molecule has 0 atom stereocenters. The summed E-state index contributed by atoms with van der Waals surface area (Å²) in [5.74, 6) is 0.484. The first-order valence-corrected chi connectivity index (χ1v) is 7.58. The van der Waals surface area contributed by atoms with Gasteiger partial charge < -0.3 is 10.3 Å². The van der Waals surface area contributed by atoms with Crippen LogP contribution in [0.4, 0.5) is 5.69 Å². The molecule has 2 N–H and O–H groups in total. The SMILES string of the molecule is O=C(Nc1ccccc1)c1ccnc2[nH]c(-c3ccccc3)nc12. The minimum absolute atomic E-state index is 0.209. The van der Waals surface area contributed by atoms with Gasteiger partial charge in [0.15, 0.2) is 5.65 Å². The number of imidazole rings is 1. The highest BCUT2D eigenvalue weighted by atomic mass is 16.1. The second-order valence-electron chi connectivity index (χ2n) is 5.33. The number of aromatic amines is 1. The maximum Gasteiger partial charge on any atom is 0.258 e. The summed E-state index contributed by atoms with van der Waals surface area (Å²) in [6.07, 6.45) is 1.61. The zero-order valence-corrected chi connectivity index (χ0v) is 12.7. The van der Waals surface area contributed by atoms with E-state index in [4.69, 9.17) is 0 Å². The van der Waals surface area contributed by atoms with Crippen LogP contribution < -0.4 is 5.32 Å². The number of rotatable bonds is 3. The van der Waals surface area contributed by atoms with Gasteiger partial charge in [0.25, 0.3) is 5.91 Å². The van der Waals surface area contributed by atoms with Crippen molar-refractivity contribution in [3.63, 3.8) is 0 Å². The van der Waals surface area contributed by atoms with Crippen molar-refractivity contribution in [1.29, 1.82) is 0 Å². The third-order valence-corrected chi connectivity index (χ3v) is 3.71. The molecule has 0 aliphatic heterocycles. The lowest BCUT2D eigenvalue weighted by Gasteiger charge is -2.04. The summed E-state index contributed by atoms with van der Waals surface area (Å²) in [7, 11) is 0. The van der Waals surface area contributed by atoms with E-state index in [1.54, 1.807) is 12.3 Å². The number of benzene rings is 2. The van der Waals surface area contributed by atoms with Crippen molar-refractivity contribution in [2.45, 2.75) is 0 Å². The number of para-hydroxylation sites is 1. The number of hydrogen-bond donors (Lipinski definition) is 2. The van der Waals surface area contributed by atoms with Crippen molar-refractivity contribution in [3.8, 4) is 11.4 Å². The van der Waals surface area contributed by atoms with Gasteiger partial charge >= 0.3 is 0 Å². The van der Waals surface area contributed by atoms with Crippen LogP contribution in [0.1, 0.15) is 10.4 Å². The zero-order chi connectivity index (χ0) is 16.4. The molecule has 0 fully saturated rings. The molecule has 2 aromatic heterocycles. The summed E-state index contributed by atoms with van der Waals surface area (Å²) < 4.78 is 0. The Bertz CT molecular complexity index is 994. The van der Waals surface area contributed by atoms with Crippen LogP contribution in [0.3, 0.4) is 0 Å². The minimum Gasteiger partial charge on any atom is -0.323 e. The first kappa shape index (κ1) is 14.1. The smallest absolute Gasteiger partial charge is 0.258 e. The number of pyridine rings is 1. The van der Waals surface area contributed by atoms with Crippen molar-refractivity contribution in [3.05, 3.63) is 78.5 Å². The topological polar surface area (TPSA) is 70.7 Å². The van der Waals surface area contributed by atoms with Gasteiger partial charge in [-0.1, -0.05) is 48.5 Å². The van der Waals surface area contributed by atoms with E-state index in [1.807, 2.05) is 60.7 Å². The molecule has 4 rings (SSSR count). The summed E-state index contributed by atoms with van der Waals surface area (Å²) in [4.78, 5) is 24.6. The largest absolute Gasteiger partial charge is 0.323 e. The molecular weight excluding hydrogens is 300 g/mol. The Labute approximate surface area is 138 Å². The van der Waals surface area contributed by atoms with Gasteiger partial charge in [-0.2, -0.15) is 0 Å². The molecule has 2 aromatic carbocycles. The number of carbonyl (C=O) groups is 1. The zero-order valence-electron chi connectivity index (χ0n) is 12.7. The van der Waals surface area contributed by atoms with Crippen LogP contribution in [0.25, 0.3) is 22.6 Å². The summed E-state index contributed by atoms with van der Waals surface area (Å²) in [5.41, 5.74) is 3.33. The molecule has 0 radical (unpaired) electrons. The molecule has 0 saturated heterocycles. The van der Waals surface area contributed by atoms with Crippen LogP contribution in [-0.2, 0) is 0 Å². The second-order valence-corrected chi connectivity index (χ2v) is 5.33. The molecule has 116 valence electrons. The molecular formula is C19H14N4O. The fourth-order valence-electron chi connectivity index (χ4n) is 2.55. The van der Waals surface area contributed by atoms with Crippen LogP contribution in [0.2, 0.25) is 0 Å². The first-order valence-electron chi connectivity index (χ1n) is 7.58. The van der Waals surface area contributed by atoms with Gasteiger partial charge in [0.05, 0.1) is 5.56 Å². The Morgan fingerprint density at radius 1 is 0.917 bits per heavy atom. The summed E-state index contributed by atoms with van der Waals surface area (Å²) >= 11 is 0. The van der Waals surface area contributed by atoms with Crippen LogP contribution >= 0.6 is 0 Å². The number of aromatic nitrogens is 3. The summed E-state index contributed by atoms with van der Waals surface area (Å²) in [5, 5.41) is 2.88. The Morgan fingerprint density at radius 2 is 1.62 bits per heavy atom. The maximum atomic E-state index is 12.6. The summed E-state index contributed by atoms with van der Waals surface area (Å²) in [6.45, 7) is 0. The maximum absolute atomic E-state index is 12.6. The van der Waals surface area contributed by atoms with Crippen LogP contribution in [0, 0.1) is 0 Å². The van der Waals surface area contributed by atoms with Crippen molar-refractivity contribution in [2.24, 2.45) is 0 Å². The number of amides is 1. The van der Waals surface area contributed by atoms with E-state index in [2.05, 4.69) is 20.3 Å². The average molecular weight is 314 g/mol. The number of nitrogens with zero attached hydrogens (tertiary/aromatic N) is 2. The number of carbonyl (C=O) groups excluding carboxylic acids is 1. The summed E-state index contributed by atoms with van der Waals surface area (Å²) in [6, 6.07) is 20.8. The number of fused-ring (bicyclic) bond motifs is 1. The highest BCUT2D eigenvalue weighted by molar-refractivity contribution is 6.11. The van der Waals surface area contributed by atoms with Gasteiger partial charge in [-0.15, -0.1) is 0 Å². The fourth-order valence-corrected chi connectivity index (χ4v) is 2.55. The van der Waals surface area contributed by atoms with Crippen LogP contribution in [-0.4, -0.2) is 20.9 Å². The molecule has 4 aromatic rings. The standard InChI is InChI=1S/C19H14N4O/c24-19(21-14-9-5-2-6-10-14)15-11-12-20-18-16(15)22-17(23-18)13-7-3-1-4-8-13/h1-12H,(H,21,24)(H,20,22,23). The van der Waals surface area contributed by atoms with Gasteiger partial charge in [-0.05, 0) is 18.2 Å². The Balaban J connectivity index is 1.73. The van der Waals surface area contributed by atoms with Crippen molar-refractivity contribution >= 4 is 22.8 Å². The molecule has 0 bridgehead atoms. The second kappa shape index (κ2) is 5.96. The molecule has 24 heavy (non-hydrogen) atoms. The molecule has 2 heterocycles. The lowest BCUT2D eigenvalue weighted by Crippen LogP contribution is -2.12. The molecule has 0 aliphatic carbocycles. The first-order chi connectivity index (χ1) is 11.8. The third-order valence-electron chi connectivity index (χ3n) is 3.71. The molecule has 0 spiro atoms. The lowest BCUT2D eigenvalue weighted by molar-refractivity contribution is 0.102. The highest BCUT2D eigenvalue weighted by Crippen LogP contribution is 2.22. The lowest BCUT2D eigenvalue weighted by atomic mass is 10.2. The van der Waals surface area contributed by atoms with Gasteiger partial charge in [0.1, 0.15) is 11.3 Å². The number of anilines is 1.